The van der Waals surface area contributed by atoms with Gasteiger partial charge in [0.1, 0.15) is 23.4 Å². The van der Waals surface area contributed by atoms with E-state index in [1.165, 1.54) is 5.56 Å². The zero-order valence-electron chi connectivity index (χ0n) is 14.8. The number of imidazole rings is 1. The van der Waals surface area contributed by atoms with Gasteiger partial charge in [0, 0.05) is 12.1 Å². The van der Waals surface area contributed by atoms with Gasteiger partial charge < -0.3 is 10.1 Å². The van der Waals surface area contributed by atoms with E-state index in [2.05, 4.69) is 29.0 Å². The average molecular weight is 348 g/mol. The number of rotatable bonds is 2. The lowest BCUT2D eigenvalue weighted by Gasteiger charge is -2.38. The SMILES string of the molecule is C=CC1C=Cc2ncn(-c3ccc4c5c3C(C)(C)OC(=O)N5CC4)c2N1. The molecule has 2 aromatic rings. The number of ether oxygens (including phenoxy) is 1. The van der Waals surface area contributed by atoms with Gasteiger partial charge in [0.25, 0.3) is 0 Å². The highest BCUT2D eigenvalue weighted by Crippen LogP contribution is 2.47. The van der Waals surface area contributed by atoms with Crippen LogP contribution >= 0.6 is 0 Å². The molecule has 3 aliphatic rings. The Labute approximate surface area is 151 Å². The van der Waals surface area contributed by atoms with Gasteiger partial charge in [0.2, 0.25) is 0 Å². The zero-order chi connectivity index (χ0) is 18.1. The quantitative estimate of drug-likeness (QED) is 0.842. The summed E-state index contributed by atoms with van der Waals surface area (Å²) in [5, 5.41) is 3.45. The summed E-state index contributed by atoms with van der Waals surface area (Å²) in [6.45, 7) is 8.43. The molecule has 1 N–H and O–H groups in total. The number of cyclic esters (lactones) is 1. The maximum absolute atomic E-state index is 12.4. The van der Waals surface area contributed by atoms with E-state index >= 15 is 0 Å². The van der Waals surface area contributed by atoms with Crippen LogP contribution in [0.25, 0.3) is 11.8 Å². The van der Waals surface area contributed by atoms with E-state index in [-0.39, 0.29) is 12.1 Å². The number of hydrogen-bond acceptors (Lipinski definition) is 4. The molecule has 0 fully saturated rings. The number of nitrogens with zero attached hydrogens (tertiary/aromatic N) is 3. The summed E-state index contributed by atoms with van der Waals surface area (Å²) in [4.78, 5) is 18.7. The van der Waals surface area contributed by atoms with Gasteiger partial charge in [-0.2, -0.15) is 0 Å². The minimum atomic E-state index is -0.710. The van der Waals surface area contributed by atoms with Crippen molar-refractivity contribution in [1.82, 2.24) is 9.55 Å². The lowest BCUT2D eigenvalue weighted by molar-refractivity contribution is 0.0358. The Morgan fingerprint density at radius 2 is 2.27 bits per heavy atom. The number of anilines is 2. The Kier molecular flexibility index (Phi) is 2.93. The summed E-state index contributed by atoms with van der Waals surface area (Å²) >= 11 is 0. The molecule has 0 saturated heterocycles. The third kappa shape index (κ3) is 1.92. The molecule has 3 aliphatic heterocycles. The van der Waals surface area contributed by atoms with E-state index in [1.54, 1.807) is 4.90 Å². The first-order valence-corrected chi connectivity index (χ1v) is 8.81. The van der Waals surface area contributed by atoms with E-state index in [4.69, 9.17) is 4.74 Å². The number of aromatic nitrogens is 2. The van der Waals surface area contributed by atoms with Crippen LogP contribution in [-0.2, 0) is 16.8 Å². The fourth-order valence-electron chi connectivity index (χ4n) is 4.13. The average Bonchev–Trinajstić information content (AvgIpc) is 3.23. The first kappa shape index (κ1) is 15.3. The molecular formula is C20H20N4O2. The van der Waals surface area contributed by atoms with Crippen LogP contribution in [-0.4, -0.2) is 28.2 Å². The molecule has 4 heterocycles. The summed E-state index contributed by atoms with van der Waals surface area (Å²) in [6, 6.07) is 4.27. The number of carbonyl (C=O) groups is 1. The fraction of sp³-hybridized carbons (Fsp3) is 0.300. The van der Waals surface area contributed by atoms with Gasteiger partial charge in [-0.05, 0) is 38.0 Å². The Bertz CT molecular complexity index is 986. The third-order valence-corrected chi connectivity index (χ3v) is 5.35. The topological polar surface area (TPSA) is 59.4 Å². The van der Waals surface area contributed by atoms with Crippen molar-refractivity contribution in [3.8, 4) is 5.69 Å². The van der Waals surface area contributed by atoms with Crippen molar-refractivity contribution in [2.75, 3.05) is 16.8 Å². The van der Waals surface area contributed by atoms with Gasteiger partial charge in [-0.25, -0.2) is 9.78 Å². The van der Waals surface area contributed by atoms with Crippen molar-refractivity contribution in [1.29, 1.82) is 0 Å². The number of hydrogen-bond donors (Lipinski definition) is 1. The van der Waals surface area contributed by atoms with Crippen molar-refractivity contribution in [2.24, 2.45) is 0 Å². The van der Waals surface area contributed by atoms with E-state index in [1.807, 2.05) is 43.0 Å². The molecular weight excluding hydrogens is 328 g/mol. The van der Waals surface area contributed by atoms with Crippen LogP contribution in [0.2, 0.25) is 0 Å². The molecule has 0 spiro atoms. The minimum absolute atomic E-state index is 0.0612. The van der Waals surface area contributed by atoms with Crippen LogP contribution in [0, 0.1) is 0 Å². The predicted octanol–water partition coefficient (Wildman–Crippen LogP) is 3.61. The van der Waals surface area contributed by atoms with Crippen molar-refractivity contribution in [2.45, 2.75) is 31.9 Å². The van der Waals surface area contributed by atoms with Gasteiger partial charge in [0.15, 0.2) is 0 Å². The summed E-state index contributed by atoms with van der Waals surface area (Å²) in [6.07, 6.45) is 8.31. The molecule has 1 amide bonds. The molecule has 132 valence electrons. The highest BCUT2D eigenvalue weighted by molar-refractivity contribution is 5.95. The van der Waals surface area contributed by atoms with Crippen LogP contribution in [0.1, 0.15) is 30.7 Å². The molecule has 0 radical (unpaired) electrons. The van der Waals surface area contributed by atoms with Crippen molar-refractivity contribution >= 4 is 23.7 Å². The van der Waals surface area contributed by atoms with Crippen molar-refractivity contribution in [3.05, 3.63) is 54.0 Å². The predicted molar refractivity (Wildman–Crippen MR) is 101 cm³/mol. The van der Waals surface area contributed by atoms with Gasteiger partial charge in [-0.3, -0.25) is 9.47 Å². The van der Waals surface area contributed by atoms with Gasteiger partial charge >= 0.3 is 6.09 Å². The van der Waals surface area contributed by atoms with Crippen LogP contribution < -0.4 is 10.2 Å². The van der Waals surface area contributed by atoms with Crippen LogP contribution in [0.5, 0.6) is 0 Å². The van der Waals surface area contributed by atoms with Crippen molar-refractivity contribution in [3.63, 3.8) is 0 Å². The van der Waals surface area contributed by atoms with Gasteiger partial charge in [-0.15, -0.1) is 6.58 Å². The maximum Gasteiger partial charge on any atom is 0.415 e. The largest absolute Gasteiger partial charge is 0.438 e. The maximum atomic E-state index is 12.4. The normalized spacial score (nSPS) is 21.7. The van der Waals surface area contributed by atoms with Crippen molar-refractivity contribution < 1.29 is 9.53 Å². The number of benzene rings is 1. The summed E-state index contributed by atoms with van der Waals surface area (Å²) in [5.74, 6) is 0.922. The molecule has 26 heavy (non-hydrogen) atoms. The first-order chi connectivity index (χ1) is 12.5. The molecule has 6 heteroatoms. The highest BCUT2D eigenvalue weighted by atomic mass is 16.6. The lowest BCUT2D eigenvalue weighted by atomic mass is 9.90. The summed E-state index contributed by atoms with van der Waals surface area (Å²) in [5.41, 5.74) is 4.37. The summed E-state index contributed by atoms with van der Waals surface area (Å²) < 4.78 is 7.81. The zero-order valence-corrected chi connectivity index (χ0v) is 14.8. The smallest absolute Gasteiger partial charge is 0.415 e. The van der Waals surface area contributed by atoms with Crippen LogP contribution in [0.4, 0.5) is 16.3 Å². The molecule has 6 nitrogen and oxygen atoms in total. The molecule has 1 unspecified atom stereocenters. The molecule has 1 atom stereocenters. The Morgan fingerprint density at radius 3 is 3.08 bits per heavy atom. The van der Waals surface area contributed by atoms with E-state index in [0.717, 1.165) is 34.9 Å². The lowest BCUT2D eigenvalue weighted by Crippen LogP contribution is -2.42. The Hall–Kier alpha value is -3.02. The van der Waals surface area contributed by atoms with Gasteiger partial charge in [-0.1, -0.05) is 18.2 Å². The molecule has 1 aromatic carbocycles. The monoisotopic (exact) mass is 348 g/mol. The fourth-order valence-corrected chi connectivity index (χ4v) is 4.13. The number of nitrogens with one attached hydrogen (secondary N) is 1. The second kappa shape index (κ2) is 5.00. The minimum Gasteiger partial charge on any atom is -0.438 e. The molecule has 0 bridgehead atoms. The second-order valence-corrected chi connectivity index (χ2v) is 7.36. The Balaban J connectivity index is 1.75. The van der Waals surface area contributed by atoms with E-state index in [9.17, 15) is 4.79 Å². The first-order valence-electron chi connectivity index (χ1n) is 8.81. The Morgan fingerprint density at radius 1 is 1.42 bits per heavy atom. The van der Waals surface area contributed by atoms with Gasteiger partial charge in [0.05, 0.1) is 17.4 Å². The highest BCUT2D eigenvalue weighted by Gasteiger charge is 2.44. The van der Waals surface area contributed by atoms with E-state index in [0.29, 0.717) is 6.54 Å². The number of carbonyl (C=O) groups excluding carboxylic acids is 1. The van der Waals surface area contributed by atoms with Crippen LogP contribution in [0.3, 0.4) is 0 Å². The molecule has 0 aliphatic carbocycles. The second-order valence-electron chi connectivity index (χ2n) is 7.36. The van der Waals surface area contributed by atoms with E-state index < -0.39 is 5.60 Å². The molecule has 5 rings (SSSR count). The molecule has 0 saturated carbocycles. The third-order valence-electron chi connectivity index (χ3n) is 5.35. The number of fused-ring (bicyclic) bond motifs is 1. The summed E-state index contributed by atoms with van der Waals surface area (Å²) in [7, 11) is 0. The van der Waals surface area contributed by atoms with Crippen LogP contribution in [0.15, 0.2) is 37.2 Å². The standard InChI is InChI=1S/C20H20N4O2/c1-4-13-6-7-14-18(22-13)24(11-21-14)15-8-5-12-9-10-23-17(12)16(15)20(2,3)26-19(23)25/h4-8,11,13,22H,1,9-10H2,2-3H3. The molecule has 1 aromatic heterocycles. The number of amides is 1.